The van der Waals surface area contributed by atoms with E-state index < -0.39 is 5.41 Å². The third-order valence-electron chi connectivity index (χ3n) is 4.50. The summed E-state index contributed by atoms with van der Waals surface area (Å²) in [7, 11) is 0. The number of amidine groups is 1. The van der Waals surface area contributed by atoms with Gasteiger partial charge in [-0.1, -0.05) is 18.5 Å². The number of nitrogens with zero attached hydrogens (tertiary/aromatic N) is 2. The predicted molar refractivity (Wildman–Crippen MR) is 70.9 cm³/mol. The number of hydrogen-bond acceptors (Lipinski definition) is 4. The maximum atomic E-state index is 12.8. The summed E-state index contributed by atoms with van der Waals surface area (Å²) in [6.07, 6.45) is 3.12. The summed E-state index contributed by atoms with van der Waals surface area (Å²) in [5.74, 6) is 0.607. The number of amides is 1. The normalized spacial score (nSPS) is 27.5. The topological polar surface area (TPSA) is 88.2 Å². The van der Waals surface area contributed by atoms with E-state index in [0.717, 1.165) is 25.9 Å². The van der Waals surface area contributed by atoms with Crippen molar-refractivity contribution in [2.24, 2.45) is 22.2 Å². The van der Waals surface area contributed by atoms with Crippen LogP contribution in [0.15, 0.2) is 5.16 Å². The highest BCUT2D eigenvalue weighted by atomic mass is 16.5. The van der Waals surface area contributed by atoms with Gasteiger partial charge in [-0.25, -0.2) is 0 Å². The Hall–Kier alpha value is -1.30. The Labute approximate surface area is 113 Å². The number of ether oxygens (including phenoxy) is 1. The zero-order valence-corrected chi connectivity index (χ0v) is 11.5. The fourth-order valence-corrected chi connectivity index (χ4v) is 3.05. The van der Waals surface area contributed by atoms with Gasteiger partial charge in [0.15, 0.2) is 5.84 Å². The van der Waals surface area contributed by atoms with Crippen LogP contribution >= 0.6 is 0 Å². The van der Waals surface area contributed by atoms with Gasteiger partial charge in [-0.05, 0) is 25.2 Å². The van der Waals surface area contributed by atoms with Crippen molar-refractivity contribution >= 4 is 11.7 Å². The molecule has 0 spiro atoms. The summed E-state index contributed by atoms with van der Waals surface area (Å²) in [6.45, 7) is 4.67. The molecular formula is C13H23N3O3. The smallest absolute Gasteiger partial charge is 0.236 e. The van der Waals surface area contributed by atoms with E-state index in [2.05, 4.69) is 12.1 Å². The lowest BCUT2D eigenvalue weighted by Crippen LogP contribution is -2.53. The summed E-state index contributed by atoms with van der Waals surface area (Å²) in [4.78, 5) is 14.7. The average molecular weight is 269 g/mol. The molecule has 2 rings (SSSR count). The first-order chi connectivity index (χ1) is 9.14. The summed E-state index contributed by atoms with van der Waals surface area (Å²) >= 11 is 0. The number of likely N-dealkylation sites (tertiary alicyclic amines) is 1. The number of nitrogens with two attached hydrogens (primary N) is 1. The largest absolute Gasteiger partial charge is 0.409 e. The molecule has 1 amide bonds. The second-order valence-corrected chi connectivity index (χ2v) is 5.49. The molecule has 19 heavy (non-hydrogen) atoms. The molecule has 0 radical (unpaired) electrons. The fourth-order valence-electron chi connectivity index (χ4n) is 3.05. The van der Waals surface area contributed by atoms with Crippen LogP contribution in [0.3, 0.4) is 0 Å². The van der Waals surface area contributed by atoms with E-state index in [0.29, 0.717) is 32.0 Å². The van der Waals surface area contributed by atoms with Crippen molar-refractivity contribution in [1.29, 1.82) is 0 Å². The monoisotopic (exact) mass is 269 g/mol. The summed E-state index contributed by atoms with van der Waals surface area (Å²) < 4.78 is 5.31. The molecule has 0 aromatic rings. The number of carbonyl (C=O) groups is 1. The minimum atomic E-state index is -0.865. The highest BCUT2D eigenvalue weighted by Gasteiger charge is 2.47. The van der Waals surface area contributed by atoms with Crippen LogP contribution in [0.5, 0.6) is 0 Å². The molecule has 6 nitrogen and oxygen atoms in total. The lowest BCUT2D eigenvalue weighted by molar-refractivity contribution is -0.141. The van der Waals surface area contributed by atoms with E-state index in [1.807, 2.05) is 4.90 Å². The van der Waals surface area contributed by atoms with Gasteiger partial charge in [-0.2, -0.15) is 0 Å². The van der Waals surface area contributed by atoms with Crippen molar-refractivity contribution < 1.29 is 14.7 Å². The van der Waals surface area contributed by atoms with Crippen LogP contribution in [0.25, 0.3) is 0 Å². The fraction of sp³-hybridized carbons (Fsp3) is 0.846. The standard InChI is InChI=1S/C13H23N3O3/c1-2-10-3-6-16(9-10)12(17)13(11(14)15-18)4-7-19-8-5-13/h10,18H,2-9H2,1H3,(H2,14,15). The van der Waals surface area contributed by atoms with E-state index >= 15 is 0 Å². The Morgan fingerprint density at radius 1 is 1.53 bits per heavy atom. The highest BCUT2D eigenvalue weighted by Crippen LogP contribution is 2.35. The van der Waals surface area contributed by atoms with Gasteiger partial charge in [-0.15, -0.1) is 0 Å². The maximum Gasteiger partial charge on any atom is 0.236 e. The second-order valence-electron chi connectivity index (χ2n) is 5.49. The molecule has 3 N–H and O–H groups in total. The number of rotatable bonds is 3. The van der Waals surface area contributed by atoms with E-state index in [4.69, 9.17) is 15.7 Å². The molecule has 0 aromatic carbocycles. The minimum absolute atomic E-state index is 0.00190. The maximum absolute atomic E-state index is 12.8. The first-order valence-electron chi connectivity index (χ1n) is 6.99. The molecule has 0 bridgehead atoms. The zero-order valence-electron chi connectivity index (χ0n) is 11.5. The Balaban J connectivity index is 2.17. The molecule has 2 saturated heterocycles. The van der Waals surface area contributed by atoms with Crippen molar-refractivity contribution in [2.75, 3.05) is 26.3 Å². The van der Waals surface area contributed by atoms with Crippen LogP contribution in [-0.2, 0) is 9.53 Å². The van der Waals surface area contributed by atoms with Crippen LogP contribution in [-0.4, -0.2) is 48.2 Å². The van der Waals surface area contributed by atoms with E-state index in [9.17, 15) is 4.79 Å². The summed E-state index contributed by atoms with van der Waals surface area (Å²) in [5, 5.41) is 12.1. The molecule has 2 heterocycles. The molecule has 108 valence electrons. The molecule has 2 aliphatic heterocycles. The van der Waals surface area contributed by atoms with Crippen LogP contribution in [0.1, 0.15) is 32.6 Å². The van der Waals surface area contributed by atoms with Crippen molar-refractivity contribution in [3.8, 4) is 0 Å². The van der Waals surface area contributed by atoms with Gasteiger partial charge in [0.25, 0.3) is 0 Å². The van der Waals surface area contributed by atoms with E-state index in [1.165, 1.54) is 0 Å². The van der Waals surface area contributed by atoms with Crippen molar-refractivity contribution in [1.82, 2.24) is 4.90 Å². The SMILES string of the molecule is CCC1CCN(C(=O)C2(C(N)=NO)CCOCC2)C1. The van der Waals surface area contributed by atoms with E-state index in [-0.39, 0.29) is 11.7 Å². The number of hydrogen-bond donors (Lipinski definition) is 2. The molecular weight excluding hydrogens is 246 g/mol. The van der Waals surface area contributed by atoms with Crippen LogP contribution < -0.4 is 5.73 Å². The highest BCUT2D eigenvalue weighted by molar-refractivity contribution is 6.06. The zero-order chi connectivity index (χ0) is 13.9. The first kappa shape index (κ1) is 14.1. The number of oxime groups is 1. The van der Waals surface area contributed by atoms with Gasteiger partial charge in [-0.3, -0.25) is 4.79 Å². The van der Waals surface area contributed by atoms with Crippen LogP contribution in [0.2, 0.25) is 0 Å². The second kappa shape index (κ2) is 5.77. The molecule has 1 atom stereocenters. The van der Waals surface area contributed by atoms with Crippen molar-refractivity contribution in [3.05, 3.63) is 0 Å². The third-order valence-corrected chi connectivity index (χ3v) is 4.50. The lowest BCUT2D eigenvalue weighted by atomic mass is 9.77. The minimum Gasteiger partial charge on any atom is -0.409 e. The van der Waals surface area contributed by atoms with Gasteiger partial charge in [0.1, 0.15) is 5.41 Å². The quantitative estimate of drug-likeness (QED) is 0.343. The van der Waals surface area contributed by atoms with Gasteiger partial charge < -0.3 is 20.6 Å². The molecule has 1 unspecified atom stereocenters. The Morgan fingerprint density at radius 3 is 2.74 bits per heavy atom. The Morgan fingerprint density at radius 2 is 2.21 bits per heavy atom. The lowest BCUT2D eigenvalue weighted by Gasteiger charge is -2.37. The van der Waals surface area contributed by atoms with Gasteiger partial charge in [0, 0.05) is 26.3 Å². The van der Waals surface area contributed by atoms with Gasteiger partial charge in [0.2, 0.25) is 5.91 Å². The van der Waals surface area contributed by atoms with E-state index in [1.54, 1.807) is 0 Å². The van der Waals surface area contributed by atoms with Crippen LogP contribution in [0, 0.1) is 11.3 Å². The average Bonchev–Trinajstić information content (AvgIpc) is 2.95. The summed E-state index contributed by atoms with van der Waals surface area (Å²) in [5.41, 5.74) is 4.95. The molecule has 0 aliphatic carbocycles. The predicted octanol–water partition coefficient (Wildman–Crippen LogP) is 0.788. The van der Waals surface area contributed by atoms with Crippen molar-refractivity contribution in [2.45, 2.75) is 32.6 Å². The van der Waals surface area contributed by atoms with Crippen molar-refractivity contribution in [3.63, 3.8) is 0 Å². The van der Waals surface area contributed by atoms with Crippen LogP contribution in [0.4, 0.5) is 0 Å². The Kier molecular flexibility index (Phi) is 4.29. The molecule has 0 saturated carbocycles. The molecule has 2 aliphatic rings. The van der Waals surface area contributed by atoms with Gasteiger partial charge in [0.05, 0.1) is 0 Å². The first-order valence-corrected chi connectivity index (χ1v) is 6.99. The summed E-state index contributed by atoms with van der Waals surface area (Å²) in [6, 6.07) is 0. The van der Waals surface area contributed by atoms with Gasteiger partial charge >= 0.3 is 0 Å². The Bertz CT molecular complexity index is 364. The molecule has 2 fully saturated rings. The molecule has 0 aromatic heterocycles. The molecule has 6 heteroatoms. The third kappa shape index (κ3) is 2.54. The number of carbonyl (C=O) groups excluding carboxylic acids is 1.